The van der Waals surface area contributed by atoms with Gasteiger partial charge in [-0.3, -0.25) is 4.79 Å². The van der Waals surface area contributed by atoms with Gasteiger partial charge in [0.05, 0.1) is 26.2 Å². The van der Waals surface area contributed by atoms with Gasteiger partial charge in [-0.2, -0.15) is 0 Å². The molecular weight excluding hydrogens is 362 g/mol. The van der Waals surface area contributed by atoms with E-state index < -0.39 is 0 Å². The number of fused-ring (bicyclic) bond motifs is 1. The molecule has 1 heterocycles. The highest BCUT2D eigenvalue weighted by atomic mass is 32.1. The van der Waals surface area contributed by atoms with Gasteiger partial charge in [0.1, 0.15) is 10.8 Å². The fourth-order valence-electron chi connectivity index (χ4n) is 3.43. The Balaban J connectivity index is 1.80. The van der Waals surface area contributed by atoms with E-state index in [1.165, 1.54) is 36.2 Å². The molecule has 3 rings (SSSR count). The number of thiophene rings is 1. The normalized spacial score (nSPS) is 13.9. The van der Waals surface area contributed by atoms with Gasteiger partial charge in [0.2, 0.25) is 5.91 Å². The van der Waals surface area contributed by atoms with E-state index in [2.05, 4.69) is 5.32 Å². The van der Waals surface area contributed by atoms with Crippen LogP contribution in [-0.4, -0.2) is 26.1 Å². The third-order valence-electron chi connectivity index (χ3n) is 4.84. The first-order valence-electron chi connectivity index (χ1n) is 9.28. The molecule has 27 heavy (non-hydrogen) atoms. The van der Waals surface area contributed by atoms with E-state index in [9.17, 15) is 9.59 Å². The molecule has 0 bridgehead atoms. The van der Waals surface area contributed by atoms with Crippen molar-refractivity contribution in [1.29, 1.82) is 0 Å². The van der Waals surface area contributed by atoms with Crippen molar-refractivity contribution in [3.8, 4) is 5.75 Å². The third-order valence-corrected chi connectivity index (χ3v) is 6.04. The number of methoxy groups -OCH3 is 2. The van der Waals surface area contributed by atoms with Gasteiger partial charge in [-0.1, -0.05) is 25.0 Å². The quantitative estimate of drug-likeness (QED) is 0.773. The lowest BCUT2D eigenvalue weighted by molar-refractivity contribution is -0.115. The summed E-state index contributed by atoms with van der Waals surface area (Å²) in [5.41, 5.74) is 2.50. The van der Waals surface area contributed by atoms with Crippen molar-refractivity contribution in [1.82, 2.24) is 0 Å². The van der Waals surface area contributed by atoms with E-state index >= 15 is 0 Å². The SMILES string of the molecule is COC(=O)c1c(NC(=O)Cc2ccc(OC)cc2)sc2c1CCCCCC2. The number of hydrogen-bond donors (Lipinski definition) is 1. The fraction of sp³-hybridized carbons (Fsp3) is 0.429. The average molecular weight is 388 g/mol. The minimum absolute atomic E-state index is 0.139. The largest absolute Gasteiger partial charge is 0.497 e. The zero-order valence-electron chi connectivity index (χ0n) is 15.8. The molecule has 0 unspecified atom stereocenters. The molecule has 1 aliphatic rings. The highest BCUT2D eigenvalue weighted by Gasteiger charge is 2.25. The first kappa shape index (κ1) is 19.4. The first-order valence-corrected chi connectivity index (χ1v) is 10.1. The van der Waals surface area contributed by atoms with Gasteiger partial charge < -0.3 is 14.8 Å². The van der Waals surface area contributed by atoms with Crippen molar-refractivity contribution in [3.05, 3.63) is 45.8 Å². The lowest BCUT2D eigenvalue weighted by atomic mass is 9.96. The standard InChI is InChI=1S/C21H25NO4S/c1-25-15-11-9-14(10-12-15)13-18(23)22-20-19(21(24)26-2)16-7-5-3-4-6-8-17(16)27-20/h9-12H,3-8,13H2,1-2H3,(H,22,23). The van der Waals surface area contributed by atoms with Crippen LogP contribution in [0.25, 0.3) is 0 Å². The maximum atomic E-state index is 12.6. The Kier molecular flexibility index (Phi) is 6.50. The molecule has 144 valence electrons. The van der Waals surface area contributed by atoms with Crippen LogP contribution in [0.15, 0.2) is 24.3 Å². The zero-order valence-corrected chi connectivity index (χ0v) is 16.6. The summed E-state index contributed by atoms with van der Waals surface area (Å²) in [5, 5.41) is 3.57. The van der Waals surface area contributed by atoms with Gasteiger partial charge in [0, 0.05) is 4.88 Å². The summed E-state index contributed by atoms with van der Waals surface area (Å²) in [6, 6.07) is 7.40. The summed E-state index contributed by atoms with van der Waals surface area (Å²) in [6.45, 7) is 0. The van der Waals surface area contributed by atoms with E-state index in [1.54, 1.807) is 7.11 Å². The molecule has 1 aromatic carbocycles. The Hall–Kier alpha value is -2.34. The van der Waals surface area contributed by atoms with Gasteiger partial charge in [0.25, 0.3) is 0 Å². The molecular formula is C21H25NO4S. The molecule has 1 N–H and O–H groups in total. The average Bonchev–Trinajstić information content (AvgIpc) is 2.97. The smallest absolute Gasteiger partial charge is 0.341 e. The van der Waals surface area contributed by atoms with Crippen LogP contribution in [0.2, 0.25) is 0 Å². The number of ether oxygens (including phenoxy) is 2. The predicted octanol–water partition coefficient (Wildman–Crippen LogP) is 4.38. The van der Waals surface area contributed by atoms with Crippen LogP contribution in [-0.2, 0) is 28.8 Å². The van der Waals surface area contributed by atoms with Crippen molar-refractivity contribution < 1.29 is 19.1 Å². The maximum Gasteiger partial charge on any atom is 0.341 e. The summed E-state index contributed by atoms with van der Waals surface area (Å²) in [7, 11) is 3.00. The van der Waals surface area contributed by atoms with Gasteiger partial charge in [0.15, 0.2) is 0 Å². The Morgan fingerprint density at radius 2 is 1.74 bits per heavy atom. The number of rotatable bonds is 5. The summed E-state index contributed by atoms with van der Waals surface area (Å²) in [5.74, 6) is 0.248. The molecule has 0 fully saturated rings. The minimum atomic E-state index is -0.368. The van der Waals surface area contributed by atoms with Crippen LogP contribution in [0.5, 0.6) is 5.75 Å². The molecule has 0 aliphatic heterocycles. The summed E-state index contributed by atoms with van der Waals surface area (Å²) in [4.78, 5) is 26.2. The molecule has 0 spiro atoms. The second kappa shape index (κ2) is 9.04. The van der Waals surface area contributed by atoms with E-state index in [4.69, 9.17) is 9.47 Å². The van der Waals surface area contributed by atoms with Gasteiger partial charge in [-0.25, -0.2) is 4.79 Å². The number of nitrogens with one attached hydrogen (secondary N) is 1. The molecule has 6 heteroatoms. The number of benzene rings is 1. The summed E-state index contributed by atoms with van der Waals surface area (Å²) >= 11 is 1.52. The second-order valence-electron chi connectivity index (χ2n) is 6.69. The van der Waals surface area contributed by atoms with Crippen LogP contribution in [0.4, 0.5) is 5.00 Å². The van der Waals surface area contributed by atoms with Crippen LogP contribution < -0.4 is 10.1 Å². The highest BCUT2D eigenvalue weighted by Crippen LogP contribution is 2.37. The summed E-state index contributed by atoms with van der Waals surface area (Å²) in [6.07, 6.45) is 6.63. The second-order valence-corrected chi connectivity index (χ2v) is 7.79. The molecule has 1 amide bonds. The molecule has 0 saturated carbocycles. The highest BCUT2D eigenvalue weighted by molar-refractivity contribution is 7.17. The number of esters is 1. The number of hydrogen-bond acceptors (Lipinski definition) is 5. The fourth-order valence-corrected chi connectivity index (χ4v) is 4.72. The monoisotopic (exact) mass is 387 g/mol. The lowest BCUT2D eigenvalue weighted by Crippen LogP contribution is -2.16. The zero-order chi connectivity index (χ0) is 19.2. The molecule has 0 atom stereocenters. The topological polar surface area (TPSA) is 64.6 Å². The Bertz CT molecular complexity index is 810. The Morgan fingerprint density at radius 1 is 1.04 bits per heavy atom. The van der Waals surface area contributed by atoms with Crippen LogP contribution in [0.1, 0.15) is 52.0 Å². The number of aryl methyl sites for hydroxylation is 1. The van der Waals surface area contributed by atoms with Crippen LogP contribution in [0, 0.1) is 0 Å². The van der Waals surface area contributed by atoms with Crippen molar-refractivity contribution >= 4 is 28.2 Å². The number of carbonyl (C=O) groups is 2. The third kappa shape index (κ3) is 4.69. The Morgan fingerprint density at radius 3 is 2.41 bits per heavy atom. The number of anilines is 1. The molecule has 5 nitrogen and oxygen atoms in total. The van der Waals surface area contributed by atoms with E-state index in [1.807, 2.05) is 24.3 Å². The van der Waals surface area contributed by atoms with Crippen molar-refractivity contribution in [3.63, 3.8) is 0 Å². The maximum absolute atomic E-state index is 12.6. The predicted molar refractivity (Wildman–Crippen MR) is 107 cm³/mol. The van der Waals surface area contributed by atoms with Gasteiger partial charge >= 0.3 is 5.97 Å². The van der Waals surface area contributed by atoms with Crippen LogP contribution >= 0.6 is 11.3 Å². The molecule has 1 aliphatic carbocycles. The first-order chi connectivity index (χ1) is 13.1. The van der Waals surface area contributed by atoms with Crippen molar-refractivity contribution in [2.45, 2.75) is 44.9 Å². The van der Waals surface area contributed by atoms with Crippen molar-refractivity contribution in [2.24, 2.45) is 0 Å². The molecule has 0 radical (unpaired) electrons. The van der Waals surface area contributed by atoms with Crippen LogP contribution in [0.3, 0.4) is 0 Å². The van der Waals surface area contributed by atoms with E-state index in [0.717, 1.165) is 42.6 Å². The van der Waals surface area contributed by atoms with E-state index in [0.29, 0.717) is 10.6 Å². The Labute approximate surface area is 163 Å². The van der Waals surface area contributed by atoms with Crippen molar-refractivity contribution in [2.75, 3.05) is 19.5 Å². The minimum Gasteiger partial charge on any atom is -0.497 e. The molecule has 0 saturated heterocycles. The van der Waals surface area contributed by atoms with E-state index in [-0.39, 0.29) is 18.3 Å². The molecule has 1 aromatic heterocycles. The summed E-state index contributed by atoms with van der Waals surface area (Å²) < 4.78 is 10.1. The van der Waals surface area contributed by atoms with Gasteiger partial charge in [-0.15, -0.1) is 11.3 Å². The van der Waals surface area contributed by atoms with Gasteiger partial charge in [-0.05, 0) is 48.9 Å². The number of carbonyl (C=O) groups excluding carboxylic acids is 2. The number of amides is 1. The molecule has 2 aromatic rings. The lowest BCUT2D eigenvalue weighted by Gasteiger charge is -2.11.